The van der Waals surface area contributed by atoms with E-state index < -0.39 is 29.4 Å². The topological polar surface area (TPSA) is 94.7 Å². The van der Waals surface area contributed by atoms with Crippen molar-refractivity contribution in [2.75, 3.05) is 37.7 Å². The van der Waals surface area contributed by atoms with Crippen molar-refractivity contribution >= 4 is 22.8 Å². The molecule has 1 fully saturated rings. The molecule has 0 aliphatic carbocycles. The Morgan fingerprint density at radius 3 is 2.56 bits per heavy atom. The van der Waals surface area contributed by atoms with Crippen LogP contribution in [0.15, 0.2) is 47.5 Å². The van der Waals surface area contributed by atoms with Gasteiger partial charge in [-0.3, -0.25) is 19.0 Å². The lowest BCUT2D eigenvalue weighted by Crippen LogP contribution is -2.55. The lowest BCUT2D eigenvalue weighted by atomic mass is 10.1. The fraction of sp³-hybridized carbons (Fsp3) is 0.419. The van der Waals surface area contributed by atoms with E-state index >= 15 is 8.78 Å². The third kappa shape index (κ3) is 6.65. The fourth-order valence-corrected chi connectivity index (χ4v) is 5.49. The number of nitrogens with zero attached hydrogens (tertiary/aromatic N) is 6. The number of hydrogen-bond donors (Lipinski definition) is 0. The number of anilines is 1. The first kappa shape index (κ1) is 31.9. The first-order valence-electron chi connectivity index (χ1n) is 14.7. The highest BCUT2D eigenvalue weighted by Gasteiger charge is 2.29. The lowest BCUT2D eigenvalue weighted by molar-refractivity contribution is -0.137. The van der Waals surface area contributed by atoms with Crippen molar-refractivity contribution in [1.29, 1.82) is 0 Å². The van der Waals surface area contributed by atoms with Crippen LogP contribution in [0, 0.1) is 11.6 Å². The van der Waals surface area contributed by atoms with Crippen LogP contribution in [-0.4, -0.2) is 75.6 Å². The third-order valence-electron chi connectivity index (χ3n) is 7.88. The fourth-order valence-electron chi connectivity index (χ4n) is 5.49. The quantitative estimate of drug-likeness (QED) is 0.177. The van der Waals surface area contributed by atoms with Crippen LogP contribution in [0.25, 0.3) is 22.0 Å². The Morgan fingerprint density at radius 2 is 1.87 bits per heavy atom. The minimum Gasteiger partial charge on any atom is -0.434 e. The summed E-state index contributed by atoms with van der Waals surface area (Å²) in [4.78, 5) is 37.9. The zero-order chi connectivity index (χ0) is 32.2. The van der Waals surface area contributed by atoms with Gasteiger partial charge in [0.1, 0.15) is 23.7 Å². The zero-order valence-corrected chi connectivity index (χ0v) is 25.2. The van der Waals surface area contributed by atoms with Crippen molar-refractivity contribution in [2.24, 2.45) is 7.05 Å². The number of alkyl halides is 2. The molecule has 1 atom stereocenters. The van der Waals surface area contributed by atoms with Crippen molar-refractivity contribution < 1.29 is 31.8 Å². The van der Waals surface area contributed by atoms with Gasteiger partial charge in [0.25, 0.3) is 5.56 Å². The van der Waals surface area contributed by atoms with Crippen LogP contribution < -0.4 is 15.2 Å². The number of aromatic nitrogens is 4. The molecule has 1 amide bonds. The third-order valence-corrected chi connectivity index (χ3v) is 7.88. The Hall–Kier alpha value is -4.46. The molecule has 45 heavy (non-hydrogen) atoms. The van der Waals surface area contributed by atoms with Gasteiger partial charge in [0.15, 0.2) is 5.82 Å². The van der Waals surface area contributed by atoms with Crippen LogP contribution in [0.4, 0.5) is 23.5 Å². The van der Waals surface area contributed by atoms with Gasteiger partial charge >= 0.3 is 6.61 Å². The van der Waals surface area contributed by atoms with E-state index in [4.69, 9.17) is 4.74 Å². The molecule has 0 radical (unpaired) electrons. The molecule has 0 N–H and O–H groups in total. The second-order valence-electron chi connectivity index (χ2n) is 10.9. The molecule has 0 bridgehead atoms. The smallest absolute Gasteiger partial charge is 0.387 e. The van der Waals surface area contributed by atoms with E-state index in [9.17, 15) is 18.4 Å². The second kappa shape index (κ2) is 13.7. The summed E-state index contributed by atoms with van der Waals surface area (Å²) in [5, 5.41) is -0.210. The zero-order valence-electron chi connectivity index (χ0n) is 25.2. The van der Waals surface area contributed by atoms with Crippen LogP contribution >= 0.6 is 0 Å². The Bertz CT molecular complexity index is 1730. The van der Waals surface area contributed by atoms with E-state index in [2.05, 4.69) is 21.6 Å². The maximum atomic E-state index is 16.2. The molecule has 240 valence electrons. The number of halogens is 4. The molecule has 1 aliphatic heterocycles. The molecule has 0 spiro atoms. The van der Waals surface area contributed by atoms with E-state index in [0.29, 0.717) is 32.2 Å². The number of amides is 1. The van der Waals surface area contributed by atoms with Gasteiger partial charge in [-0.05, 0) is 25.5 Å². The summed E-state index contributed by atoms with van der Waals surface area (Å²) in [5.41, 5.74) is -0.985. The van der Waals surface area contributed by atoms with Gasteiger partial charge in [-0.25, -0.2) is 18.7 Å². The maximum Gasteiger partial charge on any atom is 0.387 e. The van der Waals surface area contributed by atoms with Gasteiger partial charge in [-0.15, -0.1) is 0 Å². The van der Waals surface area contributed by atoms with Crippen molar-refractivity contribution in [3.05, 3.63) is 70.3 Å². The number of piperazine rings is 1. The van der Waals surface area contributed by atoms with Crippen LogP contribution in [-0.2, 0) is 23.1 Å². The standard InChI is InChI=1S/C31H34F4N6O4/c1-4-5-12-44-18-25(42)39-10-11-40(19(2)16-39)31-36-14-21(15-37-31)26-23(32)13-22-28(27(26)33)41(38(3)29(22)43)17-20-8-6-7-9-24(20)45-30(34)35/h6-9,13-15,19,30H,4-5,10-12,16-18H2,1-3H3/t19-/m1/s1. The molecule has 14 heteroatoms. The minimum absolute atomic E-state index is 0.0324. The van der Waals surface area contributed by atoms with Crippen molar-refractivity contribution in [2.45, 2.75) is 45.9 Å². The lowest BCUT2D eigenvalue weighted by Gasteiger charge is -2.39. The average Bonchev–Trinajstić information content (AvgIpc) is 3.25. The first-order valence-corrected chi connectivity index (χ1v) is 14.7. The second-order valence-corrected chi connectivity index (χ2v) is 10.9. The molecular weight excluding hydrogens is 596 g/mol. The van der Waals surface area contributed by atoms with Gasteiger partial charge in [0, 0.05) is 62.9 Å². The van der Waals surface area contributed by atoms with Gasteiger partial charge in [-0.1, -0.05) is 31.5 Å². The van der Waals surface area contributed by atoms with E-state index in [1.807, 2.05) is 11.8 Å². The van der Waals surface area contributed by atoms with Gasteiger partial charge < -0.3 is 19.3 Å². The predicted octanol–water partition coefficient (Wildman–Crippen LogP) is 4.58. The molecule has 1 saturated heterocycles. The molecule has 2 aromatic carbocycles. The highest BCUT2D eigenvalue weighted by Crippen LogP contribution is 2.32. The Kier molecular flexibility index (Phi) is 9.71. The van der Waals surface area contributed by atoms with E-state index in [1.54, 1.807) is 11.0 Å². The van der Waals surface area contributed by atoms with E-state index in [-0.39, 0.29) is 52.9 Å². The number of benzene rings is 2. The van der Waals surface area contributed by atoms with Crippen molar-refractivity contribution in [3.8, 4) is 16.9 Å². The molecule has 5 rings (SSSR count). The summed E-state index contributed by atoms with van der Waals surface area (Å²) in [7, 11) is 1.38. The van der Waals surface area contributed by atoms with Gasteiger partial charge in [0.2, 0.25) is 11.9 Å². The van der Waals surface area contributed by atoms with Crippen molar-refractivity contribution in [1.82, 2.24) is 24.2 Å². The molecule has 2 aromatic heterocycles. The molecule has 1 aliphatic rings. The number of ether oxygens (including phenoxy) is 2. The molecule has 0 saturated carbocycles. The number of para-hydroxylation sites is 1. The average molecular weight is 631 g/mol. The van der Waals surface area contributed by atoms with E-state index in [1.165, 1.54) is 42.3 Å². The molecule has 3 heterocycles. The SMILES string of the molecule is CCCCOCC(=O)N1CCN(c2ncc(-c3c(F)cc4c(=O)n(C)n(Cc5ccccc5OC(F)F)c4c3F)cn2)[C@H](C)C1. The summed E-state index contributed by atoms with van der Waals surface area (Å²) in [5.74, 6) is -1.87. The monoisotopic (exact) mass is 630 g/mol. The summed E-state index contributed by atoms with van der Waals surface area (Å²) in [6.45, 7) is 2.62. The molecular formula is C31H34F4N6O4. The van der Waals surface area contributed by atoms with Crippen LogP contribution in [0.1, 0.15) is 32.3 Å². The predicted molar refractivity (Wildman–Crippen MR) is 159 cm³/mol. The number of unbranched alkanes of at least 4 members (excludes halogenated alkanes) is 1. The van der Waals surface area contributed by atoms with Gasteiger partial charge in [-0.2, -0.15) is 8.78 Å². The van der Waals surface area contributed by atoms with Gasteiger partial charge in [0.05, 0.1) is 17.5 Å². The Morgan fingerprint density at radius 1 is 1.13 bits per heavy atom. The number of carbonyl (C=O) groups is 1. The Labute approximate surface area is 256 Å². The Balaban J connectivity index is 1.40. The number of fused-ring (bicyclic) bond motifs is 1. The summed E-state index contributed by atoms with van der Waals surface area (Å²) in [6, 6.07) is 6.79. The first-order chi connectivity index (χ1) is 21.6. The van der Waals surface area contributed by atoms with Crippen LogP contribution in [0.3, 0.4) is 0 Å². The largest absolute Gasteiger partial charge is 0.434 e. The number of hydrogen-bond acceptors (Lipinski definition) is 7. The number of carbonyl (C=O) groups excluding carboxylic acids is 1. The van der Waals surface area contributed by atoms with Crippen molar-refractivity contribution in [3.63, 3.8) is 0 Å². The van der Waals surface area contributed by atoms with Crippen LogP contribution in [0.2, 0.25) is 0 Å². The van der Waals surface area contributed by atoms with E-state index in [0.717, 1.165) is 23.6 Å². The number of rotatable bonds is 11. The minimum atomic E-state index is -3.08. The summed E-state index contributed by atoms with van der Waals surface area (Å²) < 4.78 is 69.9. The highest BCUT2D eigenvalue weighted by atomic mass is 19.3. The molecule has 10 nitrogen and oxygen atoms in total. The molecule has 0 unspecified atom stereocenters. The molecule has 4 aromatic rings. The summed E-state index contributed by atoms with van der Waals surface area (Å²) >= 11 is 0. The highest BCUT2D eigenvalue weighted by molar-refractivity contribution is 5.86. The normalized spacial score (nSPS) is 15.3. The summed E-state index contributed by atoms with van der Waals surface area (Å²) in [6.07, 6.45) is 4.49. The maximum absolute atomic E-state index is 16.2. The van der Waals surface area contributed by atoms with Crippen LogP contribution in [0.5, 0.6) is 5.75 Å².